The lowest BCUT2D eigenvalue weighted by Crippen LogP contribution is -2.41. The van der Waals surface area contributed by atoms with Gasteiger partial charge in [-0.2, -0.15) is 0 Å². The highest BCUT2D eigenvalue weighted by Gasteiger charge is 2.36. The number of nitrogens with one attached hydrogen (secondary N) is 1. The molecule has 1 heterocycles. The molecule has 0 saturated carbocycles. The van der Waals surface area contributed by atoms with Crippen LogP contribution in [0.15, 0.2) is 42.7 Å². The minimum atomic E-state index is -1.75. The molecule has 0 atom stereocenters. The Morgan fingerprint density at radius 1 is 1.22 bits per heavy atom. The first-order valence-electron chi connectivity index (χ1n) is 9.18. The summed E-state index contributed by atoms with van der Waals surface area (Å²) in [4.78, 5) is 15.2. The van der Waals surface area contributed by atoms with E-state index in [2.05, 4.69) is 44.2 Å². The third-order valence-electron chi connectivity index (χ3n) is 5.09. The van der Waals surface area contributed by atoms with Gasteiger partial charge in [-0.1, -0.05) is 32.9 Å². The van der Waals surface area contributed by atoms with Crippen LogP contribution in [0, 0.1) is 10.1 Å². The zero-order valence-corrected chi connectivity index (χ0v) is 17.8. The van der Waals surface area contributed by atoms with Crippen LogP contribution in [0.5, 0.6) is 0 Å². The maximum Gasteiger partial charge on any atom is 0.292 e. The molecule has 0 bridgehead atoms. The molecule has 0 radical (unpaired) electrons. The van der Waals surface area contributed by atoms with Crippen molar-refractivity contribution in [1.82, 2.24) is 4.98 Å². The van der Waals surface area contributed by atoms with Crippen LogP contribution in [0.2, 0.25) is 18.1 Å². The minimum absolute atomic E-state index is 0.0710. The highest BCUT2D eigenvalue weighted by atomic mass is 28.4. The van der Waals surface area contributed by atoms with Gasteiger partial charge in [-0.3, -0.25) is 15.1 Å². The number of anilines is 1. The lowest BCUT2D eigenvalue weighted by atomic mass is 10.1. The molecule has 2 aromatic rings. The molecule has 0 spiro atoms. The Hall–Kier alpha value is -2.25. The van der Waals surface area contributed by atoms with Crippen molar-refractivity contribution in [3.05, 3.63) is 52.8 Å². The van der Waals surface area contributed by atoms with E-state index in [1.54, 1.807) is 24.5 Å². The monoisotopic (exact) mass is 387 g/mol. The average Bonchev–Trinajstić information content (AvgIpc) is 2.61. The van der Waals surface area contributed by atoms with Crippen LogP contribution < -0.4 is 5.32 Å². The molecule has 0 aliphatic carbocycles. The SMILES string of the molecule is CC(C)(C)[Si](C)(C)OCCCNc1ccc(-c2cccnc2)cc1[N+](=O)[O-]. The number of nitrogens with zero attached hydrogens (tertiary/aromatic N) is 2. The fourth-order valence-corrected chi connectivity index (χ4v) is 3.47. The fourth-order valence-electron chi connectivity index (χ4n) is 2.38. The molecule has 6 nitrogen and oxygen atoms in total. The van der Waals surface area contributed by atoms with Crippen LogP contribution in [0.25, 0.3) is 11.1 Å². The van der Waals surface area contributed by atoms with Gasteiger partial charge in [0.1, 0.15) is 5.69 Å². The van der Waals surface area contributed by atoms with E-state index in [1.165, 1.54) is 0 Å². The molecule has 0 fully saturated rings. The molecule has 0 saturated heterocycles. The Balaban J connectivity index is 1.98. The van der Waals surface area contributed by atoms with Gasteiger partial charge in [0.25, 0.3) is 5.69 Å². The minimum Gasteiger partial charge on any atom is -0.417 e. The maximum atomic E-state index is 11.5. The first-order chi connectivity index (χ1) is 12.6. The Kier molecular flexibility index (Phi) is 6.72. The van der Waals surface area contributed by atoms with E-state index in [4.69, 9.17) is 4.43 Å². The smallest absolute Gasteiger partial charge is 0.292 e. The van der Waals surface area contributed by atoms with E-state index < -0.39 is 8.32 Å². The number of nitro benzene ring substituents is 1. The third kappa shape index (κ3) is 5.61. The molecule has 1 aromatic heterocycles. The van der Waals surface area contributed by atoms with E-state index in [0.29, 0.717) is 18.8 Å². The summed E-state index contributed by atoms with van der Waals surface area (Å²) in [5.74, 6) is 0. The van der Waals surface area contributed by atoms with Crippen molar-refractivity contribution in [3.63, 3.8) is 0 Å². The second-order valence-electron chi connectivity index (χ2n) is 8.12. The summed E-state index contributed by atoms with van der Waals surface area (Å²) in [6.07, 6.45) is 4.18. The predicted octanol–water partition coefficient (Wildman–Crippen LogP) is 5.48. The third-order valence-corrected chi connectivity index (χ3v) is 9.63. The van der Waals surface area contributed by atoms with Crippen molar-refractivity contribution >= 4 is 19.7 Å². The summed E-state index contributed by atoms with van der Waals surface area (Å²) < 4.78 is 6.14. The molecule has 0 aliphatic heterocycles. The molecule has 0 unspecified atom stereocenters. The fraction of sp³-hybridized carbons (Fsp3) is 0.450. The normalized spacial score (nSPS) is 12.0. The van der Waals surface area contributed by atoms with Crippen molar-refractivity contribution in [1.29, 1.82) is 0 Å². The first-order valence-corrected chi connectivity index (χ1v) is 12.1. The first kappa shape index (κ1) is 21.1. The number of hydrogen-bond donors (Lipinski definition) is 1. The van der Waals surface area contributed by atoms with Gasteiger partial charge in [0.15, 0.2) is 8.32 Å². The quantitative estimate of drug-likeness (QED) is 0.281. The molecular formula is C20H29N3O3Si. The van der Waals surface area contributed by atoms with Gasteiger partial charge in [0.2, 0.25) is 0 Å². The highest BCUT2D eigenvalue weighted by molar-refractivity contribution is 6.74. The Morgan fingerprint density at radius 2 is 1.96 bits per heavy atom. The zero-order valence-electron chi connectivity index (χ0n) is 16.8. The molecule has 27 heavy (non-hydrogen) atoms. The van der Waals surface area contributed by atoms with Gasteiger partial charge in [0.05, 0.1) is 4.92 Å². The summed E-state index contributed by atoms with van der Waals surface area (Å²) in [6, 6.07) is 8.92. The van der Waals surface area contributed by atoms with Gasteiger partial charge in [-0.25, -0.2) is 0 Å². The number of benzene rings is 1. The van der Waals surface area contributed by atoms with Gasteiger partial charge in [-0.05, 0) is 42.2 Å². The summed E-state index contributed by atoms with van der Waals surface area (Å²) >= 11 is 0. The highest BCUT2D eigenvalue weighted by Crippen LogP contribution is 2.36. The second-order valence-corrected chi connectivity index (χ2v) is 12.9. The van der Waals surface area contributed by atoms with Crippen molar-refractivity contribution < 1.29 is 9.35 Å². The summed E-state index contributed by atoms with van der Waals surface area (Å²) in [6.45, 7) is 12.4. The number of rotatable bonds is 8. The van der Waals surface area contributed by atoms with Crippen LogP contribution >= 0.6 is 0 Å². The van der Waals surface area contributed by atoms with Crippen molar-refractivity contribution in [2.45, 2.75) is 45.3 Å². The largest absolute Gasteiger partial charge is 0.417 e. The molecule has 1 N–H and O–H groups in total. The molecule has 2 rings (SSSR count). The van der Waals surface area contributed by atoms with E-state index in [-0.39, 0.29) is 15.6 Å². The molecule has 0 aliphatic rings. The lowest BCUT2D eigenvalue weighted by molar-refractivity contribution is -0.383. The van der Waals surface area contributed by atoms with Crippen LogP contribution in [0.4, 0.5) is 11.4 Å². The molecule has 1 aromatic carbocycles. The summed E-state index contributed by atoms with van der Waals surface area (Å²) in [5, 5.41) is 14.8. The Labute approximate surface area is 162 Å². The van der Waals surface area contributed by atoms with Crippen molar-refractivity contribution in [2.75, 3.05) is 18.5 Å². The van der Waals surface area contributed by atoms with Gasteiger partial charge in [-0.15, -0.1) is 0 Å². The standard InChI is InChI=1S/C20H29N3O3Si/c1-20(2,3)27(4,5)26-13-7-12-22-18-10-9-16(14-19(18)23(24)25)17-8-6-11-21-15-17/h6,8-11,14-15,22H,7,12-13H2,1-5H3. The topological polar surface area (TPSA) is 77.3 Å². The van der Waals surface area contributed by atoms with E-state index in [0.717, 1.165) is 17.5 Å². The lowest BCUT2D eigenvalue weighted by Gasteiger charge is -2.36. The van der Waals surface area contributed by atoms with E-state index >= 15 is 0 Å². The summed E-state index contributed by atoms with van der Waals surface area (Å²) in [5.41, 5.74) is 2.23. The van der Waals surface area contributed by atoms with Crippen LogP contribution in [0.3, 0.4) is 0 Å². The van der Waals surface area contributed by atoms with Crippen LogP contribution in [-0.2, 0) is 4.43 Å². The summed E-state index contributed by atoms with van der Waals surface area (Å²) in [7, 11) is -1.75. The molecule has 0 amide bonds. The van der Waals surface area contributed by atoms with Crippen LogP contribution in [-0.4, -0.2) is 31.4 Å². The predicted molar refractivity (Wildman–Crippen MR) is 113 cm³/mol. The van der Waals surface area contributed by atoms with Gasteiger partial charge in [0, 0.05) is 37.2 Å². The zero-order chi connectivity index (χ0) is 20.1. The number of nitro groups is 1. The van der Waals surface area contributed by atoms with E-state index in [9.17, 15) is 10.1 Å². The van der Waals surface area contributed by atoms with E-state index in [1.807, 2.05) is 18.2 Å². The second kappa shape index (κ2) is 8.62. The van der Waals surface area contributed by atoms with Gasteiger partial charge < -0.3 is 9.74 Å². The number of hydrogen-bond acceptors (Lipinski definition) is 5. The van der Waals surface area contributed by atoms with Crippen molar-refractivity contribution in [2.24, 2.45) is 0 Å². The van der Waals surface area contributed by atoms with Gasteiger partial charge >= 0.3 is 0 Å². The Bertz CT molecular complexity index is 774. The number of aromatic nitrogens is 1. The van der Waals surface area contributed by atoms with Crippen molar-refractivity contribution in [3.8, 4) is 11.1 Å². The Morgan fingerprint density at radius 3 is 2.56 bits per heavy atom. The molecular weight excluding hydrogens is 358 g/mol. The average molecular weight is 388 g/mol. The number of pyridine rings is 1. The van der Waals surface area contributed by atoms with Crippen LogP contribution in [0.1, 0.15) is 27.2 Å². The maximum absolute atomic E-state index is 11.5. The molecule has 7 heteroatoms. The molecule has 146 valence electrons.